The molecule has 38 heavy (non-hydrogen) atoms. The second kappa shape index (κ2) is 9.82. The zero-order chi connectivity index (χ0) is 27.0. The molecule has 0 aliphatic heterocycles. The average Bonchev–Trinajstić information content (AvgIpc) is 3.27. The van der Waals surface area contributed by atoms with Crippen molar-refractivity contribution in [1.82, 2.24) is 14.8 Å². The fourth-order valence-corrected chi connectivity index (χ4v) is 5.25. The van der Waals surface area contributed by atoms with Crippen LogP contribution < -0.4 is 0 Å². The van der Waals surface area contributed by atoms with E-state index in [1.54, 1.807) is 33.0 Å². The van der Waals surface area contributed by atoms with Gasteiger partial charge in [0.2, 0.25) is 0 Å². The summed E-state index contributed by atoms with van der Waals surface area (Å²) in [7, 11) is -3.78. The summed E-state index contributed by atoms with van der Waals surface area (Å²) in [4.78, 5) is 4.28. The van der Waals surface area contributed by atoms with Gasteiger partial charge < -0.3 is 0 Å². The zero-order valence-electron chi connectivity index (χ0n) is 21.3. The summed E-state index contributed by atoms with van der Waals surface area (Å²) in [5.74, 6) is 0. The van der Waals surface area contributed by atoms with Crippen molar-refractivity contribution in [2.45, 2.75) is 31.1 Å². The number of fused-ring (bicyclic) bond motifs is 1. The van der Waals surface area contributed by atoms with Crippen LogP contribution in [0.25, 0.3) is 10.9 Å². The summed E-state index contributed by atoms with van der Waals surface area (Å²) in [6.07, 6.45) is 2.92. The fraction of sp³-hybridized carbons (Fsp3) is 0.167. The minimum Gasteiger partial charge on any atom is -0.244 e. The standard InChI is InChI=1S/C30H27ClN4O2S/c1-29(2,3)38(36,37)33-21-26-25-20-32-28(31)19-27(25)35(34-26)30(22-13-7-4-8-14-22,23-15-9-5-10-16-23)24-17-11-6-12-18-24/h4-21H,1-3H3. The van der Waals surface area contributed by atoms with Crippen molar-refractivity contribution in [3.63, 3.8) is 0 Å². The lowest BCUT2D eigenvalue weighted by atomic mass is 9.77. The average molecular weight is 543 g/mol. The number of hydrogen-bond donors (Lipinski definition) is 0. The fourth-order valence-electron chi connectivity index (χ4n) is 4.54. The first-order valence-electron chi connectivity index (χ1n) is 12.2. The first kappa shape index (κ1) is 25.8. The summed E-state index contributed by atoms with van der Waals surface area (Å²) in [5, 5.41) is 5.95. The van der Waals surface area contributed by atoms with E-state index < -0.39 is 20.3 Å². The van der Waals surface area contributed by atoms with Crippen LogP contribution in [0.4, 0.5) is 0 Å². The van der Waals surface area contributed by atoms with Gasteiger partial charge in [0.05, 0.1) is 16.5 Å². The smallest absolute Gasteiger partial charge is 0.244 e. The molecule has 6 nitrogen and oxygen atoms in total. The van der Waals surface area contributed by atoms with Gasteiger partial charge in [0.1, 0.15) is 16.4 Å². The molecule has 0 radical (unpaired) electrons. The van der Waals surface area contributed by atoms with Crippen molar-refractivity contribution < 1.29 is 8.42 Å². The first-order valence-corrected chi connectivity index (χ1v) is 14.0. The number of benzene rings is 3. The molecule has 0 unspecified atom stereocenters. The molecule has 2 heterocycles. The lowest BCUT2D eigenvalue weighted by Gasteiger charge is -2.37. The van der Waals surface area contributed by atoms with E-state index >= 15 is 0 Å². The molecule has 0 spiro atoms. The Balaban J connectivity index is 1.91. The van der Waals surface area contributed by atoms with Crippen molar-refractivity contribution in [3.05, 3.63) is 131 Å². The quantitative estimate of drug-likeness (QED) is 0.140. The van der Waals surface area contributed by atoms with Gasteiger partial charge in [-0.1, -0.05) is 103 Å². The van der Waals surface area contributed by atoms with E-state index in [9.17, 15) is 8.42 Å². The van der Waals surface area contributed by atoms with E-state index in [4.69, 9.17) is 16.7 Å². The predicted molar refractivity (Wildman–Crippen MR) is 153 cm³/mol. The predicted octanol–water partition coefficient (Wildman–Crippen LogP) is 6.47. The molecule has 0 saturated carbocycles. The Kier molecular flexibility index (Phi) is 6.67. The summed E-state index contributed by atoms with van der Waals surface area (Å²) >= 11 is 6.42. The lowest BCUT2D eigenvalue weighted by Crippen LogP contribution is -2.38. The highest BCUT2D eigenvalue weighted by atomic mass is 35.5. The third-order valence-electron chi connectivity index (χ3n) is 6.54. The summed E-state index contributed by atoms with van der Waals surface area (Å²) in [6, 6.07) is 32.0. The third-order valence-corrected chi connectivity index (χ3v) is 8.68. The Morgan fingerprint density at radius 2 is 1.29 bits per heavy atom. The van der Waals surface area contributed by atoms with Crippen LogP contribution in [0.5, 0.6) is 0 Å². The van der Waals surface area contributed by atoms with Crippen LogP contribution in [0.3, 0.4) is 0 Å². The SMILES string of the molecule is CC(C)(C)S(=O)(=O)N=Cc1nn(C(c2ccccc2)(c2ccccc2)c2ccccc2)c2cc(Cl)ncc12. The van der Waals surface area contributed by atoms with Gasteiger partial charge in [-0.2, -0.15) is 9.50 Å². The van der Waals surface area contributed by atoms with Crippen molar-refractivity contribution in [1.29, 1.82) is 0 Å². The van der Waals surface area contributed by atoms with E-state index in [1.165, 1.54) is 6.21 Å². The van der Waals surface area contributed by atoms with E-state index in [0.717, 1.165) is 16.7 Å². The van der Waals surface area contributed by atoms with Crippen molar-refractivity contribution in [2.24, 2.45) is 4.40 Å². The molecule has 2 aromatic heterocycles. The molecule has 8 heteroatoms. The summed E-state index contributed by atoms with van der Waals surface area (Å²) in [6.45, 7) is 4.84. The number of rotatable bonds is 6. The maximum absolute atomic E-state index is 12.8. The number of aromatic nitrogens is 3. The Bertz CT molecular complexity index is 1610. The number of nitrogens with zero attached hydrogens (tertiary/aromatic N) is 4. The van der Waals surface area contributed by atoms with Crippen molar-refractivity contribution in [2.75, 3.05) is 0 Å². The van der Waals surface area contributed by atoms with Crippen LogP contribution in [-0.4, -0.2) is 34.1 Å². The monoisotopic (exact) mass is 542 g/mol. The molecule has 0 amide bonds. The van der Waals surface area contributed by atoms with Crippen molar-refractivity contribution >= 4 is 38.7 Å². The number of pyridine rings is 1. The molecular formula is C30H27ClN4O2S. The van der Waals surface area contributed by atoms with Gasteiger partial charge in [0, 0.05) is 17.6 Å². The van der Waals surface area contributed by atoms with Crippen LogP contribution in [0.15, 0.2) is 108 Å². The number of hydrogen-bond acceptors (Lipinski definition) is 4. The highest BCUT2D eigenvalue weighted by molar-refractivity contribution is 7.91. The minimum atomic E-state index is -3.78. The van der Waals surface area contributed by atoms with Gasteiger partial charge in [0.25, 0.3) is 10.0 Å². The highest BCUT2D eigenvalue weighted by Crippen LogP contribution is 2.42. The molecule has 192 valence electrons. The highest BCUT2D eigenvalue weighted by Gasteiger charge is 2.41. The lowest BCUT2D eigenvalue weighted by molar-refractivity contribution is 0.475. The molecule has 0 atom stereocenters. The van der Waals surface area contributed by atoms with Crippen LogP contribution >= 0.6 is 11.6 Å². The number of halogens is 1. The van der Waals surface area contributed by atoms with E-state index in [0.29, 0.717) is 21.7 Å². The van der Waals surface area contributed by atoms with E-state index in [1.807, 2.05) is 59.3 Å². The van der Waals surface area contributed by atoms with Gasteiger partial charge in [-0.25, -0.2) is 18.1 Å². The molecule has 5 rings (SSSR count). The van der Waals surface area contributed by atoms with Crippen LogP contribution in [0.1, 0.15) is 43.2 Å². The molecule has 3 aromatic carbocycles. The van der Waals surface area contributed by atoms with Gasteiger partial charge in [-0.05, 0) is 37.5 Å². The number of sulfonamides is 1. The Morgan fingerprint density at radius 1 is 0.816 bits per heavy atom. The topological polar surface area (TPSA) is 77.2 Å². The van der Waals surface area contributed by atoms with Gasteiger partial charge in [0.15, 0.2) is 0 Å². The maximum Gasteiger partial charge on any atom is 0.258 e. The molecule has 0 saturated heterocycles. The van der Waals surface area contributed by atoms with Crippen LogP contribution in [-0.2, 0) is 15.6 Å². The van der Waals surface area contributed by atoms with E-state index in [-0.39, 0.29) is 0 Å². The molecule has 0 bridgehead atoms. The first-order chi connectivity index (χ1) is 18.1. The Morgan fingerprint density at radius 3 is 1.74 bits per heavy atom. The molecule has 0 aliphatic rings. The molecule has 0 aliphatic carbocycles. The van der Waals surface area contributed by atoms with Gasteiger partial charge in [-0.15, -0.1) is 0 Å². The van der Waals surface area contributed by atoms with Crippen LogP contribution in [0.2, 0.25) is 5.15 Å². The summed E-state index contributed by atoms with van der Waals surface area (Å²) < 4.78 is 30.5. The Hall–Kier alpha value is -3.81. The van der Waals surface area contributed by atoms with Gasteiger partial charge >= 0.3 is 0 Å². The molecule has 5 aromatic rings. The third kappa shape index (κ3) is 4.42. The Labute approximate surface area is 227 Å². The second-order valence-electron chi connectivity index (χ2n) is 9.95. The van der Waals surface area contributed by atoms with Crippen molar-refractivity contribution in [3.8, 4) is 0 Å². The second-order valence-corrected chi connectivity index (χ2v) is 12.7. The molecular weight excluding hydrogens is 516 g/mol. The maximum atomic E-state index is 12.8. The summed E-state index contributed by atoms with van der Waals surface area (Å²) in [5.41, 5.74) is 3.07. The minimum absolute atomic E-state index is 0.299. The zero-order valence-corrected chi connectivity index (χ0v) is 22.9. The van der Waals surface area contributed by atoms with Crippen LogP contribution in [0, 0.1) is 0 Å². The normalized spacial score (nSPS) is 12.8. The van der Waals surface area contributed by atoms with Gasteiger partial charge in [-0.3, -0.25) is 0 Å². The van der Waals surface area contributed by atoms with E-state index in [2.05, 4.69) is 45.8 Å². The largest absolute Gasteiger partial charge is 0.258 e. The molecule has 0 fully saturated rings. The molecule has 0 N–H and O–H groups in total.